The number of rotatable bonds is 16. The number of carbonyl (C=O) groups is 6. The zero-order chi connectivity index (χ0) is 39.0. The van der Waals surface area contributed by atoms with E-state index in [2.05, 4.69) is 46.9 Å². The van der Waals surface area contributed by atoms with Gasteiger partial charge in [0.2, 0.25) is 17.5 Å². The zero-order valence-corrected chi connectivity index (χ0v) is 32.2. The molecule has 0 radical (unpaired) electrons. The number of carboxylic acids is 1. The van der Waals surface area contributed by atoms with Crippen LogP contribution in [0.4, 0.5) is 14.7 Å². The molecule has 2 saturated heterocycles. The van der Waals surface area contributed by atoms with Crippen molar-refractivity contribution in [3.8, 4) is 0 Å². The summed E-state index contributed by atoms with van der Waals surface area (Å²) in [5, 5.41) is 37.3. The highest BCUT2D eigenvalue weighted by Crippen LogP contribution is 2.44. The number of hydrogen-bond donors (Lipinski definition) is 5. The van der Waals surface area contributed by atoms with Gasteiger partial charge in [-0.05, 0) is 52.0 Å². The second kappa shape index (κ2) is 17.4. The summed E-state index contributed by atoms with van der Waals surface area (Å²) in [7, 11) is 0. The average molecular weight is 800 g/mol. The van der Waals surface area contributed by atoms with Crippen LogP contribution in [0.15, 0.2) is 15.7 Å². The third-order valence-electron chi connectivity index (χ3n) is 7.02. The number of oxime groups is 1. The van der Waals surface area contributed by atoms with E-state index in [1.54, 1.807) is 41.5 Å². The molecule has 24 heteroatoms. The maximum absolute atomic E-state index is 13.5. The Hall–Kier alpha value is -4.71. The number of β-lactam (4-membered cyclic amide) rings is 1. The molecule has 2 aromatic heterocycles. The largest absolute Gasteiger partial charge is 0.481 e. The molecule has 290 valence electrons. The molecule has 0 aliphatic carbocycles. The molecule has 3 atom stereocenters. The van der Waals surface area contributed by atoms with Gasteiger partial charge in [-0.1, -0.05) is 16.9 Å². The number of nitrogens with one attached hydrogen (secondary N) is 4. The molecule has 5 N–H and O–H groups in total. The predicted octanol–water partition coefficient (Wildman–Crippen LogP) is 0.731. The van der Waals surface area contributed by atoms with Crippen LogP contribution in [0, 0.1) is 5.41 Å². The van der Waals surface area contributed by atoms with E-state index in [1.165, 1.54) is 26.7 Å². The molecular formula is C29H41N11O10S3. The number of thioether (sulfide) groups is 2. The standard InChI is InChI=1S/C29H41N11O10S3/c1-27(2,3)49-25(46)30-7-9-40-24(35-37-38-40)53-14-29(22(44)45)12-39-20(43)18(21(39)52-13-29)34-19(42)17(16-11-51-23(33-16)32-15-41)36-48-10-8-31-26(47)50-28(4,5)6/h11,15,18,21H,7-10,12-14H2,1-6H3,(H,30,46)(H,31,47)(H,34,42)(H,44,45)(H,32,33,41)/t18?,21-,29?/m1/s1. The van der Waals surface area contributed by atoms with Crippen molar-refractivity contribution in [1.82, 2.24) is 46.0 Å². The summed E-state index contributed by atoms with van der Waals surface area (Å²) in [5.41, 5.74) is -2.96. The number of aliphatic carboxylic acids is 1. The fourth-order valence-electron chi connectivity index (χ4n) is 4.66. The Kier molecular flexibility index (Phi) is 13.5. The minimum Gasteiger partial charge on any atom is -0.481 e. The molecule has 4 heterocycles. The summed E-state index contributed by atoms with van der Waals surface area (Å²) >= 11 is 3.34. The second-order valence-corrected chi connectivity index (χ2v) is 16.5. The first-order valence-electron chi connectivity index (χ1n) is 16.1. The van der Waals surface area contributed by atoms with Gasteiger partial charge in [-0.25, -0.2) is 19.3 Å². The van der Waals surface area contributed by atoms with Gasteiger partial charge in [0.15, 0.2) is 10.8 Å². The number of carbonyl (C=O) groups excluding carboxylic acids is 5. The van der Waals surface area contributed by atoms with E-state index in [9.17, 15) is 33.9 Å². The summed E-state index contributed by atoms with van der Waals surface area (Å²) in [5.74, 6) is -2.27. The van der Waals surface area contributed by atoms with Crippen LogP contribution >= 0.6 is 34.9 Å². The molecular weight excluding hydrogens is 759 g/mol. The fourth-order valence-corrected chi connectivity index (χ4v) is 8.08. The minimum absolute atomic E-state index is 0.000938. The number of thiazole rings is 1. The number of carboxylic acid groups (broad SMARTS) is 1. The molecule has 4 rings (SSSR count). The molecule has 2 fully saturated rings. The molecule has 5 amide bonds. The summed E-state index contributed by atoms with van der Waals surface area (Å²) in [6, 6.07) is -0.998. The van der Waals surface area contributed by atoms with Crippen LogP contribution < -0.4 is 21.3 Å². The Bertz CT molecular complexity index is 1710. The highest BCUT2D eigenvalue weighted by molar-refractivity contribution is 8.00. The predicted molar refractivity (Wildman–Crippen MR) is 191 cm³/mol. The number of hydrogen-bond acceptors (Lipinski definition) is 17. The lowest BCUT2D eigenvalue weighted by Gasteiger charge is -2.53. The highest BCUT2D eigenvalue weighted by Gasteiger charge is 2.57. The van der Waals surface area contributed by atoms with Crippen molar-refractivity contribution < 1.29 is 48.2 Å². The van der Waals surface area contributed by atoms with Gasteiger partial charge in [0.05, 0.1) is 13.1 Å². The lowest BCUT2D eigenvalue weighted by atomic mass is 9.89. The number of anilines is 1. The molecule has 2 aliphatic heterocycles. The number of tetrazole rings is 1. The van der Waals surface area contributed by atoms with E-state index in [0.717, 1.165) is 23.1 Å². The Balaban J connectivity index is 1.35. The maximum Gasteiger partial charge on any atom is 0.407 e. The number of alkyl carbamates (subject to hydrolysis) is 2. The molecule has 2 aromatic rings. The van der Waals surface area contributed by atoms with Crippen molar-refractivity contribution in [2.45, 2.75) is 75.9 Å². The van der Waals surface area contributed by atoms with Crippen LogP contribution in [0.3, 0.4) is 0 Å². The van der Waals surface area contributed by atoms with Crippen molar-refractivity contribution in [2.75, 3.05) is 43.1 Å². The fraction of sp³-hybridized carbons (Fsp3) is 0.621. The smallest absolute Gasteiger partial charge is 0.407 e. The normalized spacial score (nSPS) is 20.0. The Morgan fingerprint density at radius 1 is 1.11 bits per heavy atom. The summed E-state index contributed by atoms with van der Waals surface area (Å²) in [6.45, 7) is 10.5. The van der Waals surface area contributed by atoms with Crippen LogP contribution in [0.25, 0.3) is 0 Å². The van der Waals surface area contributed by atoms with E-state index in [0.29, 0.717) is 11.6 Å². The number of amides is 5. The lowest BCUT2D eigenvalue weighted by Crippen LogP contribution is -2.74. The van der Waals surface area contributed by atoms with Crippen molar-refractivity contribution >= 4 is 82.1 Å². The summed E-state index contributed by atoms with van der Waals surface area (Å²) < 4.78 is 11.8. The Labute approximate surface area is 316 Å². The van der Waals surface area contributed by atoms with Gasteiger partial charge in [-0.2, -0.15) is 0 Å². The van der Waals surface area contributed by atoms with Gasteiger partial charge >= 0.3 is 18.2 Å². The first kappa shape index (κ1) is 41.1. The number of fused-ring (bicyclic) bond motifs is 1. The number of aromatic nitrogens is 5. The Morgan fingerprint density at radius 2 is 1.79 bits per heavy atom. The first-order chi connectivity index (χ1) is 24.9. The van der Waals surface area contributed by atoms with Crippen LogP contribution in [0.1, 0.15) is 47.2 Å². The van der Waals surface area contributed by atoms with Gasteiger partial charge in [-0.3, -0.25) is 19.2 Å². The van der Waals surface area contributed by atoms with Crippen molar-refractivity contribution in [1.29, 1.82) is 0 Å². The lowest BCUT2D eigenvalue weighted by molar-refractivity contribution is -0.157. The van der Waals surface area contributed by atoms with Crippen LogP contribution in [0.2, 0.25) is 0 Å². The second-order valence-electron chi connectivity index (χ2n) is 13.6. The Morgan fingerprint density at radius 3 is 2.43 bits per heavy atom. The van der Waals surface area contributed by atoms with Crippen LogP contribution in [-0.4, -0.2) is 138 Å². The number of nitrogens with zero attached hydrogens (tertiary/aromatic N) is 7. The molecule has 2 aliphatic rings. The van der Waals surface area contributed by atoms with Crippen LogP contribution in [0.5, 0.6) is 0 Å². The van der Waals surface area contributed by atoms with Crippen molar-refractivity contribution in [3.63, 3.8) is 0 Å². The van der Waals surface area contributed by atoms with E-state index >= 15 is 0 Å². The molecule has 0 bridgehead atoms. The molecule has 53 heavy (non-hydrogen) atoms. The highest BCUT2D eigenvalue weighted by atomic mass is 32.2. The molecule has 21 nitrogen and oxygen atoms in total. The summed E-state index contributed by atoms with van der Waals surface area (Å²) in [6.07, 6.45) is -0.844. The van der Waals surface area contributed by atoms with Gasteiger partial charge in [0.25, 0.3) is 5.91 Å². The number of ether oxygens (including phenoxy) is 2. The molecule has 0 saturated carbocycles. The minimum atomic E-state index is -1.36. The summed E-state index contributed by atoms with van der Waals surface area (Å²) in [4.78, 5) is 85.0. The van der Waals surface area contributed by atoms with E-state index in [-0.39, 0.29) is 60.8 Å². The SMILES string of the molecule is CC(C)(C)OC(=O)NCCON=C(C(=O)NC1C(=O)N2CC(CSc3nnnn3CCNC(=O)OC(C)(C)C)(C(=O)O)CS[C@H]12)c1csc(NC=O)n1. The van der Waals surface area contributed by atoms with Crippen LogP contribution in [-0.2, 0) is 40.0 Å². The van der Waals surface area contributed by atoms with Crippen molar-refractivity contribution in [2.24, 2.45) is 10.6 Å². The van der Waals surface area contributed by atoms with E-state index in [1.807, 2.05) is 0 Å². The van der Waals surface area contributed by atoms with Gasteiger partial charge in [-0.15, -0.1) is 28.2 Å². The van der Waals surface area contributed by atoms with Gasteiger partial charge < -0.3 is 45.6 Å². The van der Waals surface area contributed by atoms with E-state index in [4.69, 9.17) is 14.3 Å². The quantitative estimate of drug-likeness (QED) is 0.0391. The third-order valence-corrected chi connectivity index (χ3v) is 10.6. The monoisotopic (exact) mass is 799 g/mol. The van der Waals surface area contributed by atoms with Gasteiger partial charge in [0.1, 0.15) is 40.3 Å². The van der Waals surface area contributed by atoms with Crippen molar-refractivity contribution in [3.05, 3.63) is 11.1 Å². The molecule has 0 spiro atoms. The third kappa shape index (κ3) is 11.4. The first-order valence-corrected chi connectivity index (χ1v) is 19.0. The van der Waals surface area contributed by atoms with Gasteiger partial charge in [0, 0.05) is 30.0 Å². The average Bonchev–Trinajstić information content (AvgIpc) is 3.72. The molecule has 0 aromatic carbocycles. The topological polar surface area (TPSA) is 271 Å². The zero-order valence-electron chi connectivity index (χ0n) is 29.7. The maximum atomic E-state index is 13.5. The molecule has 2 unspecified atom stereocenters. The van der Waals surface area contributed by atoms with E-state index < -0.39 is 58.0 Å².